The Bertz CT molecular complexity index is 963. The number of ether oxygens (including phenoxy) is 2. The highest BCUT2D eigenvalue weighted by atomic mass is 31.2. The molecule has 0 bridgehead atoms. The fourth-order valence-electron chi connectivity index (χ4n) is 5.22. The van der Waals surface area contributed by atoms with Crippen molar-refractivity contribution < 1.29 is 32.8 Å². The number of carbonyl (C=O) groups is 1. The van der Waals surface area contributed by atoms with Gasteiger partial charge in [0.2, 0.25) is 0 Å². The normalized spacial score (nSPS) is 14.2. The van der Waals surface area contributed by atoms with Crippen LogP contribution in [0.1, 0.15) is 162 Å². The van der Waals surface area contributed by atoms with Gasteiger partial charge < -0.3 is 20.1 Å². The summed E-state index contributed by atoms with van der Waals surface area (Å²) < 4.78 is 33.3. The molecule has 296 valence electrons. The largest absolute Gasteiger partial charge is 0.472 e. The van der Waals surface area contributed by atoms with Gasteiger partial charge in [-0.2, -0.15) is 0 Å². The Kier molecular flexibility index (Phi) is 38.0. The Morgan fingerprint density at radius 1 is 0.608 bits per heavy atom. The second-order valence-corrected chi connectivity index (χ2v) is 14.6. The van der Waals surface area contributed by atoms with Crippen molar-refractivity contribution in [1.29, 1.82) is 0 Å². The molecule has 0 spiro atoms. The molecule has 0 heterocycles. The second-order valence-electron chi connectivity index (χ2n) is 13.1. The molecule has 0 aromatic rings. The highest BCUT2D eigenvalue weighted by molar-refractivity contribution is 7.47. The third-order valence-electron chi connectivity index (χ3n) is 8.15. The molecule has 51 heavy (non-hydrogen) atoms. The van der Waals surface area contributed by atoms with Crippen LogP contribution in [-0.2, 0) is 27.9 Å². The van der Waals surface area contributed by atoms with Crippen LogP contribution >= 0.6 is 7.82 Å². The first-order valence-corrected chi connectivity index (χ1v) is 21.8. The van der Waals surface area contributed by atoms with E-state index >= 15 is 0 Å². The Balaban J connectivity index is 4.05. The van der Waals surface area contributed by atoms with Crippen LogP contribution in [0.4, 0.5) is 0 Å². The molecule has 0 saturated heterocycles. The lowest BCUT2D eigenvalue weighted by molar-refractivity contribution is -0.154. The lowest BCUT2D eigenvalue weighted by atomic mass is 10.1. The summed E-state index contributed by atoms with van der Waals surface area (Å²) in [5.41, 5.74) is 5.35. The topological polar surface area (TPSA) is 117 Å². The molecule has 0 aliphatic carbocycles. The number of rotatable bonds is 38. The lowest BCUT2D eigenvalue weighted by Gasteiger charge is -2.20. The predicted octanol–water partition coefficient (Wildman–Crippen LogP) is 11.8. The Hall–Kier alpha value is -1.80. The SMILES string of the molecule is CC/C=C\C/C=C\C/C=C\C/C=C\CCCCCCCCCCC(=O)OC(COCCCCCCCC/C=C\CCC)COP(=O)(O)OCCN. The van der Waals surface area contributed by atoms with Crippen LogP contribution in [0.15, 0.2) is 60.8 Å². The van der Waals surface area contributed by atoms with E-state index in [1.807, 2.05) is 0 Å². The molecule has 2 atom stereocenters. The molecule has 0 radical (unpaired) electrons. The molecule has 8 nitrogen and oxygen atoms in total. The van der Waals surface area contributed by atoms with E-state index in [4.69, 9.17) is 24.3 Å². The number of unbranched alkanes of at least 4 members (excludes halogenated alkanes) is 15. The summed E-state index contributed by atoms with van der Waals surface area (Å²) in [6.07, 6.45) is 46.6. The summed E-state index contributed by atoms with van der Waals surface area (Å²) in [6, 6.07) is 0. The smallest absolute Gasteiger partial charge is 0.457 e. The van der Waals surface area contributed by atoms with Gasteiger partial charge in [0.1, 0.15) is 6.10 Å². The molecule has 2 unspecified atom stereocenters. The second kappa shape index (κ2) is 39.4. The van der Waals surface area contributed by atoms with Crippen molar-refractivity contribution in [2.75, 3.05) is 33.0 Å². The summed E-state index contributed by atoms with van der Waals surface area (Å²) in [7, 11) is -4.28. The quantitative estimate of drug-likeness (QED) is 0.0278. The van der Waals surface area contributed by atoms with Crippen LogP contribution in [-0.4, -0.2) is 49.9 Å². The van der Waals surface area contributed by atoms with E-state index in [9.17, 15) is 14.3 Å². The summed E-state index contributed by atoms with van der Waals surface area (Å²) in [5.74, 6) is -0.344. The van der Waals surface area contributed by atoms with Crippen LogP contribution in [0.25, 0.3) is 0 Å². The highest BCUT2D eigenvalue weighted by Crippen LogP contribution is 2.43. The Morgan fingerprint density at radius 2 is 1.10 bits per heavy atom. The van der Waals surface area contributed by atoms with Gasteiger partial charge in [-0.1, -0.05) is 145 Å². The lowest BCUT2D eigenvalue weighted by Crippen LogP contribution is -2.28. The van der Waals surface area contributed by atoms with Gasteiger partial charge >= 0.3 is 13.8 Å². The molecule has 0 fully saturated rings. The molecule has 0 aromatic heterocycles. The number of phosphoric acid groups is 1. The van der Waals surface area contributed by atoms with E-state index in [1.54, 1.807) is 0 Å². The van der Waals surface area contributed by atoms with E-state index in [0.717, 1.165) is 70.6 Å². The molecule has 0 aliphatic heterocycles. The zero-order chi connectivity index (χ0) is 37.4. The average Bonchev–Trinajstić information content (AvgIpc) is 3.12. The number of phosphoric ester groups is 1. The van der Waals surface area contributed by atoms with Gasteiger partial charge in [-0.05, 0) is 70.6 Å². The number of allylic oxidation sites excluding steroid dienone is 10. The maximum absolute atomic E-state index is 12.6. The fourth-order valence-corrected chi connectivity index (χ4v) is 5.99. The molecule has 0 rings (SSSR count). The first-order chi connectivity index (χ1) is 24.9. The third kappa shape index (κ3) is 39.2. The number of nitrogens with two attached hydrogens (primary N) is 1. The van der Waals surface area contributed by atoms with E-state index in [2.05, 4.69) is 74.6 Å². The fraction of sp³-hybridized carbons (Fsp3) is 0.738. The van der Waals surface area contributed by atoms with Crippen LogP contribution < -0.4 is 5.73 Å². The standard InChI is InChI=1S/C42H76NO7P/c1-3-5-7-9-11-13-15-16-17-18-19-20-21-22-23-24-25-27-29-31-33-35-42(44)50-41(40-49-51(45,46)48-38-36-43)39-47-37-34-32-30-28-26-14-12-10-8-6-4-2/h5,7-8,10-11,13,16-17,19-20,41H,3-4,6,9,12,14-15,18,21-40,43H2,1-2H3,(H,45,46)/b7-5-,10-8-,13-11-,17-16-,20-19-. The molecule has 0 aromatic carbocycles. The Labute approximate surface area is 313 Å². The monoisotopic (exact) mass is 738 g/mol. The van der Waals surface area contributed by atoms with Crippen molar-refractivity contribution in [2.45, 2.75) is 168 Å². The van der Waals surface area contributed by atoms with Crippen molar-refractivity contribution in [3.8, 4) is 0 Å². The van der Waals surface area contributed by atoms with Gasteiger partial charge in [-0.15, -0.1) is 0 Å². The van der Waals surface area contributed by atoms with E-state index in [1.165, 1.54) is 70.6 Å². The van der Waals surface area contributed by atoms with Gasteiger partial charge in [-0.25, -0.2) is 4.57 Å². The molecular weight excluding hydrogens is 661 g/mol. The zero-order valence-corrected chi connectivity index (χ0v) is 33.5. The van der Waals surface area contributed by atoms with Crippen molar-refractivity contribution in [1.82, 2.24) is 0 Å². The number of hydrogen-bond donors (Lipinski definition) is 2. The van der Waals surface area contributed by atoms with Gasteiger partial charge in [0.25, 0.3) is 0 Å². The zero-order valence-electron chi connectivity index (χ0n) is 32.6. The highest BCUT2D eigenvalue weighted by Gasteiger charge is 2.25. The van der Waals surface area contributed by atoms with Crippen LogP contribution in [0, 0.1) is 0 Å². The van der Waals surface area contributed by atoms with Crippen molar-refractivity contribution in [2.24, 2.45) is 5.73 Å². The van der Waals surface area contributed by atoms with Crippen molar-refractivity contribution in [3.05, 3.63) is 60.8 Å². The van der Waals surface area contributed by atoms with Crippen LogP contribution in [0.2, 0.25) is 0 Å². The average molecular weight is 738 g/mol. The summed E-state index contributed by atoms with van der Waals surface area (Å²) in [4.78, 5) is 22.4. The number of carbonyl (C=O) groups excluding carboxylic acids is 1. The van der Waals surface area contributed by atoms with E-state index in [0.29, 0.717) is 13.0 Å². The summed E-state index contributed by atoms with van der Waals surface area (Å²) >= 11 is 0. The molecule has 0 saturated carbocycles. The van der Waals surface area contributed by atoms with Crippen LogP contribution in [0.5, 0.6) is 0 Å². The number of hydrogen-bond acceptors (Lipinski definition) is 7. The number of esters is 1. The van der Waals surface area contributed by atoms with Crippen LogP contribution in [0.3, 0.4) is 0 Å². The predicted molar refractivity (Wildman–Crippen MR) is 215 cm³/mol. The van der Waals surface area contributed by atoms with Gasteiger partial charge in [-0.3, -0.25) is 13.8 Å². The summed E-state index contributed by atoms with van der Waals surface area (Å²) in [5, 5.41) is 0. The molecule has 3 N–H and O–H groups in total. The maximum atomic E-state index is 12.6. The van der Waals surface area contributed by atoms with E-state index in [-0.39, 0.29) is 32.3 Å². The van der Waals surface area contributed by atoms with Gasteiger partial charge in [0.05, 0.1) is 19.8 Å². The molecule has 0 aliphatic rings. The molecular formula is C42H76NO7P. The minimum absolute atomic E-state index is 0.0954. The van der Waals surface area contributed by atoms with Crippen molar-refractivity contribution >= 4 is 13.8 Å². The molecule has 0 amide bonds. The maximum Gasteiger partial charge on any atom is 0.472 e. The minimum Gasteiger partial charge on any atom is -0.457 e. The van der Waals surface area contributed by atoms with Gasteiger partial charge in [0, 0.05) is 19.6 Å². The van der Waals surface area contributed by atoms with Gasteiger partial charge in [0.15, 0.2) is 0 Å². The third-order valence-corrected chi connectivity index (χ3v) is 9.13. The first-order valence-electron chi connectivity index (χ1n) is 20.3. The Morgan fingerprint density at radius 3 is 1.67 bits per heavy atom. The minimum atomic E-state index is -4.28. The van der Waals surface area contributed by atoms with Crippen molar-refractivity contribution in [3.63, 3.8) is 0 Å². The van der Waals surface area contributed by atoms with E-state index < -0.39 is 13.9 Å². The molecule has 9 heteroatoms. The summed E-state index contributed by atoms with van der Waals surface area (Å²) in [6.45, 7) is 4.71. The first kappa shape index (κ1) is 49.2.